The van der Waals surface area contributed by atoms with E-state index in [1.807, 2.05) is 12.1 Å². The number of hydrogen-bond acceptors (Lipinski definition) is 3. The maximum atomic E-state index is 11.9. The summed E-state index contributed by atoms with van der Waals surface area (Å²) in [7, 11) is 1.80. The fourth-order valence-electron chi connectivity index (χ4n) is 2.33. The van der Waals surface area contributed by atoms with Gasteiger partial charge in [0.15, 0.2) is 6.10 Å². The van der Waals surface area contributed by atoms with E-state index in [4.69, 9.17) is 10.5 Å². The van der Waals surface area contributed by atoms with Gasteiger partial charge in [-0.15, -0.1) is 0 Å². The normalized spacial score (nSPS) is 20.0. The summed E-state index contributed by atoms with van der Waals surface area (Å²) in [6.07, 6.45) is 2.08. The van der Waals surface area contributed by atoms with Gasteiger partial charge < -0.3 is 15.4 Å². The third-order valence-electron chi connectivity index (χ3n) is 3.72. The number of likely N-dealkylation sites (N-methyl/N-ethyl adjacent to an activating group) is 1. The molecule has 21 heavy (non-hydrogen) atoms. The average molecular weight is 420 g/mol. The lowest BCUT2D eigenvalue weighted by molar-refractivity contribution is -0.132. The molecule has 1 saturated heterocycles. The van der Waals surface area contributed by atoms with Crippen LogP contribution in [-0.2, 0) is 11.2 Å². The highest BCUT2D eigenvalue weighted by Gasteiger charge is 2.31. The van der Waals surface area contributed by atoms with E-state index in [2.05, 4.69) is 38.8 Å². The SMILES string of the molecule is CCC(N)Cc1cc(Br)c(OC2CCN(C)C2=O)c(Br)c1. The van der Waals surface area contributed by atoms with E-state index < -0.39 is 6.10 Å². The maximum Gasteiger partial charge on any atom is 0.263 e. The van der Waals surface area contributed by atoms with Crippen LogP contribution in [0.2, 0.25) is 0 Å². The minimum absolute atomic E-state index is 0.0332. The molecule has 1 amide bonds. The lowest BCUT2D eigenvalue weighted by atomic mass is 10.0. The van der Waals surface area contributed by atoms with Gasteiger partial charge in [0, 0.05) is 26.1 Å². The Hall–Kier alpha value is -0.590. The number of rotatable bonds is 5. The first-order valence-corrected chi connectivity index (χ1v) is 8.66. The Morgan fingerprint density at radius 2 is 2.05 bits per heavy atom. The zero-order valence-electron chi connectivity index (χ0n) is 12.2. The largest absolute Gasteiger partial charge is 0.478 e. The molecular formula is C15H20Br2N2O2. The van der Waals surface area contributed by atoms with Crippen molar-refractivity contribution in [2.75, 3.05) is 13.6 Å². The second-order valence-electron chi connectivity index (χ2n) is 5.42. The molecule has 1 aliphatic heterocycles. The van der Waals surface area contributed by atoms with Crippen molar-refractivity contribution in [1.29, 1.82) is 0 Å². The van der Waals surface area contributed by atoms with Crippen LogP contribution in [0.15, 0.2) is 21.1 Å². The van der Waals surface area contributed by atoms with Gasteiger partial charge in [-0.05, 0) is 62.4 Å². The quantitative estimate of drug-likeness (QED) is 0.797. The summed E-state index contributed by atoms with van der Waals surface area (Å²) in [6, 6.07) is 4.18. The molecule has 1 aromatic carbocycles. The Kier molecular flexibility index (Phi) is 5.68. The molecule has 2 atom stereocenters. The number of amides is 1. The molecule has 2 N–H and O–H groups in total. The number of hydrogen-bond donors (Lipinski definition) is 1. The summed E-state index contributed by atoms with van der Waals surface area (Å²) < 4.78 is 7.58. The van der Waals surface area contributed by atoms with Crippen molar-refractivity contribution in [2.45, 2.75) is 38.3 Å². The van der Waals surface area contributed by atoms with E-state index in [0.717, 1.165) is 40.3 Å². The van der Waals surface area contributed by atoms with Crippen LogP contribution < -0.4 is 10.5 Å². The Morgan fingerprint density at radius 1 is 1.43 bits per heavy atom. The van der Waals surface area contributed by atoms with E-state index in [0.29, 0.717) is 5.75 Å². The van der Waals surface area contributed by atoms with Crippen molar-refractivity contribution in [1.82, 2.24) is 4.90 Å². The number of carbonyl (C=O) groups excluding carboxylic acids is 1. The summed E-state index contributed by atoms with van der Waals surface area (Å²) in [5, 5.41) is 0. The molecule has 0 saturated carbocycles. The predicted molar refractivity (Wildman–Crippen MR) is 90.5 cm³/mol. The second-order valence-corrected chi connectivity index (χ2v) is 7.12. The monoisotopic (exact) mass is 418 g/mol. The molecule has 0 aromatic heterocycles. The van der Waals surface area contributed by atoms with Gasteiger partial charge >= 0.3 is 0 Å². The molecule has 116 valence electrons. The Balaban J connectivity index is 2.16. The molecule has 0 radical (unpaired) electrons. The summed E-state index contributed by atoms with van der Waals surface area (Å²) in [4.78, 5) is 13.6. The first-order chi connectivity index (χ1) is 9.92. The molecule has 1 heterocycles. The smallest absolute Gasteiger partial charge is 0.263 e. The van der Waals surface area contributed by atoms with Crippen molar-refractivity contribution in [3.05, 3.63) is 26.6 Å². The maximum absolute atomic E-state index is 11.9. The zero-order chi connectivity index (χ0) is 15.6. The van der Waals surface area contributed by atoms with Crippen LogP contribution in [0.5, 0.6) is 5.75 Å². The number of benzene rings is 1. The van der Waals surface area contributed by atoms with Gasteiger partial charge in [0.05, 0.1) is 8.95 Å². The lowest BCUT2D eigenvalue weighted by Gasteiger charge is -2.17. The molecule has 4 nitrogen and oxygen atoms in total. The molecule has 2 rings (SSSR count). The van der Waals surface area contributed by atoms with Crippen LogP contribution in [0, 0.1) is 0 Å². The van der Waals surface area contributed by atoms with E-state index >= 15 is 0 Å². The average Bonchev–Trinajstić information content (AvgIpc) is 2.74. The lowest BCUT2D eigenvalue weighted by Crippen LogP contribution is -2.29. The van der Waals surface area contributed by atoms with Crippen molar-refractivity contribution in [3.63, 3.8) is 0 Å². The Morgan fingerprint density at radius 3 is 2.52 bits per heavy atom. The summed E-state index contributed by atoms with van der Waals surface area (Å²) in [5.74, 6) is 0.711. The van der Waals surface area contributed by atoms with E-state index in [9.17, 15) is 4.79 Å². The standard InChI is InChI=1S/C15H20Br2N2O2/c1-3-10(18)6-9-7-11(16)14(12(17)8-9)21-13-4-5-19(2)15(13)20/h7-8,10,13H,3-6,18H2,1-2H3. The van der Waals surface area contributed by atoms with Gasteiger partial charge in [-0.3, -0.25) is 4.79 Å². The zero-order valence-corrected chi connectivity index (χ0v) is 15.4. The predicted octanol–water partition coefficient (Wildman–Crippen LogP) is 3.10. The van der Waals surface area contributed by atoms with Gasteiger partial charge in [-0.1, -0.05) is 6.92 Å². The molecule has 0 bridgehead atoms. The van der Waals surface area contributed by atoms with Crippen molar-refractivity contribution < 1.29 is 9.53 Å². The van der Waals surface area contributed by atoms with Gasteiger partial charge in [0.2, 0.25) is 0 Å². The van der Waals surface area contributed by atoms with Gasteiger partial charge in [0.25, 0.3) is 5.91 Å². The fraction of sp³-hybridized carbons (Fsp3) is 0.533. The minimum atomic E-state index is -0.397. The molecule has 1 aromatic rings. The van der Waals surface area contributed by atoms with Crippen LogP contribution in [-0.4, -0.2) is 36.5 Å². The topological polar surface area (TPSA) is 55.6 Å². The molecule has 1 aliphatic rings. The highest BCUT2D eigenvalue weighted by atomic mass is 79.9. The number of likely N-dealkylation sites (tertiary alicyclic amines) is 1. The molecular weight excluding hydrogens is 400 g/mol. The number of nitrogens with zero attached hydrogens (tertiary/aromatic N) is 1. The highest BCUT2D eigenvalue weighted by molar-refractivity contribution is 9.11. The molecule has 0 spiro atoms. The Labute approximate surface area is 142 Å². The van der Waals surface area contributed by atoms with Crippen LogP contribution in [0.4, 0.5) is 0 Å². The van der Waals surface area contributed by atoms with Crippen LogP contribution in [0.1, 0.15) is 25.3 Å². The van der Waals surface area contributed by atoms with Gasteiger partial charge in [-0.25, -0.2) is 0 Å². The van der Waals surface area contributed by atoms with Gasteiger partial charge in [0.1, 0.15) is 5.75 Å². The van der Waals surface area contributed by atoms with Crippen LogP contribution in [0.3, 0.4) is 0 Å². The molecule has 1 fully saturated rings. The molecule has 0 aliphatic carbocycles. The molecule has 2 unspecified atom stereocenters. The number of ether oxygens (including phenoxy) is 1. The van der Waals surface area contributed by atoms with Crippen molar-refractivity contribution in [3.8, 4) is 5.75 Å². The van der Waals surface area contributed by atoms with E-state index in [-0.39, 0.29) is 11.9 Å². The van der Waals surface area contributed by atoms with Gasteiger partial charge in [-0.2, -0.15) is 0 Å². The molecule has 6 heteroatoms. The highest BCUT2D eigenvalue weighted by Crippen LogP contribution is 2.36. The fourth-order valence-corrected chi connectivity index (χ4v) is 3.80. The van der Waals surface area contributed by atoms with E-state index in [1.54, 1.807) is 11.9 Å². The minimum Gasteiger partial charge on any atom is -0.478 e. The first kappa shape index (κ1) is 16.8. The second kappa shape index (κ2) is 7.11. The van der Waals surface area contributed by atoms with Crippen molar-refractivity contribution in [2.24, 2.45) is 5.73 Å². The summed E-state index contributed by atoms with van der Waals surface area (Å²) in [5.41, 5.74) is 7.14. The van der Waals surface area contributed by atoms with Crippen molar-refractivity contribution >= 4 is 37.8 Å². The van der Waals surface area contributed by atoms with Crippen LogP contribution >= 0.6 is 31.9 Å². The number of nitrogens with two attached hydrogens (primary N) is 1. The number of halogens is 2. The Bertz CT molecular complexity index is 513. The first-order valence-electron chi connectivity index (χ1n) is 7.07. The summed E-state index contributed by atoms with van der Waals surface area (Å²) >= 11 is 7.06. The number of carbonyl (C=O) groups is 1. The third kappa shape index (κ3) is 3.99. The third-order valence-corrected chi connectivity index (χ3v) is 4.90. The summed E-state index contributed by atoms with van der Waals surface area (Å²) in [6.45, 7) is 2.82. The van der Waals surface area contributed by atoms with Crippen LogP contribution in [0.25, 0.3) is 0 Å². The van der Waals surface area contributed by atoms with E-state index in [1.165, 1.54) is 0 Å².